The lowest BCUT2D eigenvalue weighted by atomic mass is 9.82. The molecule has 1 aliphatic rings. The molecule has 1 saturated carbocycles. The number of hydrogen-bond acceptors (Lipinski definition) is 3. The highest BCUT2D eigenvalue weighted by molar-refractivity contribution is 6.30. The van der Waals surface area contributed by atoms with Gasteiger partial charge in [0.2, 0.25) is 0 Å². The van der Waals surface area contributed by atoms with E-state index < -0.39 is 5.60 Å². The minimum Gasteiger partial charge on any atom is -0.383 e. The zero-order valence-electron chi connectivity index (χ0n) is 11.2. The first kappa shape index (κ1) is 13.6. The lowest BCUT2D eigenvalue weighted by Crippen LogP contribution is -2.35. The fourth-order valence-corrected chi connectivity index (χ4v) is 3.28. The molecule has 0 radical (unpaired) electrons. The molecular formula is C15H18ClN3O. The van der Waals surface area contributed by atoms with E-state index in [-0.39, 0.29) is 6.04 Å². The van der Waals surface area contributed by atoms with E-state index in [1.165, 1.54) is 0 Å². The average Bonchev–Trinajstić information content (AvgIpc) is 2.90. The predicted octanol–water partition coefficient (Wildman–Crippen LogP) is 3.32. The van der Waals surface area contributed by atoms with Gasteiger partial charge in [0, 0.05) is 5.02 Å². The molecule has 1 aliphatic carbocycles. The van der Waals surface area contributed by atoms with Gasteiger partial charge in [0.1, 0.15) is 18.3 Å². The highest BCUT2D eigenvalue weighted by Gasteiger charge is 2.40. The molecular weight excluding hydrogens is 274 g/mol. The Kier molecular flexibility index (Phi) is 3.76. The second-order valence-electron chi connectivity index (χ2n) is 5.46. The zero-order chi connectivity index (χ0) is 14.0. The van der Waals surface area contributed by atoms with Crippen molar-refractivity contribution in [1.82, 2.24) is 14.8 Å². The molecule has 106 valence electrons. The third kappa shape index (κ3) is 2.45. The van der Waals surface area contributed by atoms with Crippen LogP contribution in [0.4, 0.5) is 0 Å². The lowest BCUT2D eigenvalue weighted by molar-refractivity contribution is -0.0244. The fourth-order valence-electron chi connectivity index (χ4n) is 3.15. The van der Waals surface area contributed by atoms with Crippen LogP contribution in [-0.2, 0) is 5.60 Å². The van der Waals surface area contributed by atoms with Crippen LogP contribution in [0, 0.1) is 0 Å². The van der Waals surface area contributed by atoms with Gasteiger partial charge < -0.3 is 9.67 Å². The maximum Gasteiger partial charge on any atom is 0.119 e. The quantitative estimate of drug-likeness (QED) is 0.864. The van der Waals surface area contributed by atoms with Crippen molar-refractivity contribution >= 4 is 11.6 Å². The molecule has 0 saturated heterocycles. The Hall–Kier alpha value is -1.39. The minimum absolute atomic E-state index is 0.0267. The highest BCUT2D eigenvalue weighted by Crippen LogP contribution is 2.43. The van der Waals surface area contributed by atoms with Crippen LogP contribution in [0.1, 0.15) is 43.7 Å². The van der Waals surface area contributed by atoms with E-state index in [1.807, 2.05) is 28.8 Å². The van der Waals surface area contributed by atoms with E-state index in [0.29, 0.717) is 5.02 Å². The molecule has 0 aliphatic heterocycles. The van der Waals surface area contributed by atoms with Crippen molar-refractivity contribution < 1.29 is 5.11 Å². The van der Waals surface area contributed by atoms with Crippen LogP contribution in [0.25, 0.3) is 0 Å². The molecule has 2 atom stereocenters. The summed E-state index contributed by atoms with van der Waals surface area (Å²) in [6.45, 7) is 0. The van der Waals surface area contributed by atoms with Gasteiger partial charge in [-0.1, -0.05) is 43.0 Å². The molecule has 0 amide bonds. The summed E-state index contributed by atoms with van der Waals surface area (Å²) in [5.41, 5.74) is 0.0335. The molecule has 1 fully saturated rings. The largest absolute Gasteiger partial charge is 0.383 e. The number of hydrogen-bond donors (Lipinski definition) is 1. The number of rotatable bonds is 2. The summed E-state index contributed by atoms with van der Waals surface area (Å²) in [6.07, 6.45) is 8.34. The first-order valence-electron chi connectivity index (χ1n) is 7.03. The fraction of sp³-hybridized carbons (Fsp3) is 0.467. The normalized spacial score (nSPS) is 27.2. The summed E-state index contributed by atoms with van der Waals surface area (Å²) in [5, 5.41) is 19.8. The minimum atomic E-state index is -0.885. The third-order valence-corrected chi connectivity index (χ3v) is 4.48. The third-order valence-electron chi connectivity index (χ3n) is 4.23. The Morgan fingerprint density at radius 1 is 1.10 bits per heavy atom. The number of halogens is 1. The summed E-state index contributed by atoms with van der Waals surface area (Å²) in [7, 11) is 0. The van der Waals surface area contributed by atoms with Crippen molar-refractivity contribution in [1.29, 1.82) is 0 Å². The monoisotopic (exact) mass is 291 g/mol. The molecule has 1 heterocycles. The maximum atomic E-state index is 11.3. The SMILES string of the molecule is OC1(c2ccc(Cl)cc2)CCCCCC1n1cnnc1. The molecule has 1 aromatic carbocycles. The number of benzene rings is 1. The Morgan fingerprint density at radius 2 is 1.80 bits per heavy atom. The van der Waals surface area contributed by atoms with Gasteiger partial charge in [-0.2, -0.15) is 0 Å². The van der Waals surface area contributed by atoms with Gasteiger partial charge in [0.05, 0.1) is 6.04 Å². The van der Waals surface area contributed by atoms with Crippen molar-refractivity contribution in [2.45, 2.75) is 43.7 Å². The Morgan fingerprint density at radius 3 is 2.50 bits per heavy atom. The predicted molar refractivity (Wildman–Crippen MR) is 77.5 cm³/mol. The van der Waals surface area contributed by atoms with Crippen molar-refractivity contribution in [3.8, 4) is 0 Å². The van der Waals surface area contributed by atoms with E-state index >= 15 is 0 Å². The summed E-state index contributed by atoms with van der Waals surface area (Å²) in [4.78, 5) is 0. The van der Waals surface area contributed by atoms with Gasteiger partial charge in [-0.15, -0.1) is 10.2 Å². The molecule has 1 N–H and O–H groups in total. The molecule has 5 heteroatoms. The van der Waals surface area contributed by atoms with Crippen molar-refractivity contribution in [3.05, 3.63) is 47.5 Å². The van der Waals surface area contributed by atoms with Crippen LogP contribution in [0.15, 0.2) is 36.9 Å². The second kappa shape index (κ2) is 5.54. The summed E-state index contributed by atoms with van der Waals surface area (Å²) >= 11 is 5.96. The van der Waals surface area contributed by atoms with Crippen LogP contribution < -0.4 is 0 Å². The van der Waals surface area contributed by atoms with Gasteiger partial charge in [-0.3, -0.25) is 0 Å². The summed E-state index contributed by atoms with van der Waals surface area (Å²) in [5.74, 6) is 0. The molecule has 20 heavy (non-hydrogen) atoms. The number of aliphatic hydroxyl groups is 1. The molecule has 3 rings (SSSR count). The first-order chi connectivity index (χ1) is 9.70. The van der Waals surface area contributed by atoms with E-state index in [4.69, 9.17) is 11.6 Å². The first-order valence-corrected chi connectivity index (χ1v) is 7.40. The number of nitrogens with zero attached hydrogens (tertiary/aromatic N) is 3. The van der Waals surface area contributed by atoms with Gasteiger partial charge in [-0.25, -0.2) is 0 Å². The van der Waals surface area contributed by atoms with E-state index in [0.717, 1.165) is 37.7 Å². The van der Waals surface area contributed by atoms with Crippen molar-refractivity contribution in [3.63, 3.8) is 0 Å². The maximum absolute atomic E-state index is 11.3. The van der Waals surface area contributed by atoms with E-state index in [1.54, 1.807) is 12.7 Å². The summed E-state index contributed by atoms with van der Waals surface area (Å²) in [6, 6.07) is 7.49. The second-order valence-corrected chi connectivity index (χ2v) is 5.89. The molecule has 4 nitrogen and oxygen atoms in total. The van der Waals surface area contributed by atoms with Crippen LogP contribution in [0.2, 0.25) is 5.02 Å². The standard InChI is InChI=1S/C15H18ClN3O/c16-13-7-5-12(6-8-13)15(20)9-3-1-2-4-14(15)19-10-17-18-11-19/h5-8,10-11,14,20H,1-4,9H2. The molecule has 0 bridgehead atoms. The Labute approximate surface area is 123 Å². The van der Waals surface area contributed by atoms with E-state index in [2.05, 4.69) is 10.2 Å². The average molecular weight is 292 g/mol. The molecule has 2 unspecified atom stereocenters. The smallest absolute Gasteiger partial charge is 0.119 e. The molecule has 0 spiro atoms. The topological polar surface area (TPSA) is 50.9 Å². The molecule has 1 aromatic heterocycles. The van der Waals surface area contributed by atoms with Gasteiger partial charge >= 0.3 is 0 Å². The summed E-state index contributed by atoms with van der Waals surface area (Å²) < 4.78 is 1.93. The van der Waals surface area contributed by atoms with E-state index in [9.17, 15) is 5.11 Å². The van der Waals surface area contributed by atoms with Crippen LogP contribution >= 0.6 is 11.6 Å². The highest BCUT2D eigenvalue weighted by atomic mass is 35.5. The Balaban J connectivity index is 2.02. The van der Waals surface area contributed by atoms with Crippen LogP contribution in [0.5, 0.6) is 0 Å². The van der Waals surface area contributed by atoms with Gasteiger partial charge in [0.15, 0.2) is 0 Å². The van der Waals surface area contributed by atoms with Gasteiger partial charge in [0.25, 0.3) is 0 Å². The Bertz CT molecular complexity index is 555. The zero-order valence-corrected chi connectivity index (χ0v) is 12.0. The van der Waals surface area contributed by atoms with Crippen molar-refractivity contribution in [2.24, 2.45) is 0 Å². The van der Waals surface area contributed by atoms with Crippen LogP contribution in [-0.4, -0.2) is 19.9 Å². The number of aromatic nitrogens is 3. The van der Waals surface area contributed by atoms with Crippen LogP contribution in [0.3, 0.4) is 0 Å². The lowest BCUT2D eigenvalue weighted by Gasteiger charge is -2.36. The molecule has 2 aromatic rings. The van der Waals surface area contributed by atoms with Crippen molar-refractivity contribution in [2.75, 3.05) is 0 Å². The van der Waals surface area contributed by atoms with Gasteiger partial charge in [-0.05, 0) is 30.5 Å².